The molecule has 3 heteroatoms. The Morgan fingerprint density at radius 2 is 0.667 bits per heavy atom. The molecule has 0 aromatic heterocycles. The molecule has 0 radical (unpaired) electrons. The fourth-order valence-corrected chi connectivity index (χ4v) is 5.46. The number of unbranched alkanes of at least 4 members (excludes halogenated alkanes) is 18. The summed E-state index contributed by atoms with van der Waals surface area (Å²) in [6.07, 6.45) is 26.8. The van der Waals surface area contributed by atoms with E-state index in [1.54, 1.807) is 0 Å². The minimum absolute atomic E-state index is 0.556. The highest BCUT2D eigenvalue weighted by molar-refractivity contribution is 7.57. The molecule has 2 nitrogen and oxygen atoms in total. The van der Waals surface area contributed by atoms with Crippen molar-refractivity contribution in [3.63, 3.8) is 0 Å². The zero-order chi connectivity index (χ0) is 20.1. The van der Waals surface area contributed by atoms with Crippen LogP contribution in [0, 0.1) is 0 Å². The van der Waals surface area contributed by atoms with Crippen LogP contribution in [0.5, 0.6) is 0 Å². The SMILES string of the molecule is CCCCCCCCCCCCP(=O)(O)CCCCCCCCCCCC. The second-order valence-corrected chi connectivity index (χ2v) is 11.2. The predicted molar refractivity (Wildman–Crippen MR) is 123 cm³/mol. The van der Waals surface area contributed by atoms with Crippen molar-refractivity contribution in [3.05, 3.63) is 0 Å². The second-order valence-electron chi connectivity index (χ2n) is 8.66. The summed E-state index contributed by atoms with van der Waals surface area (Å²) in [6, 6.07) is 0. The molecule has 0 amide bonds. The Balaban J connectivity index is 3.32. The first kappa shape index (κ1) is 27.2. The first-order valence-corrected chi connectivity index (χ1v) is 14.5. The molecule has 27 heavy (non-hydrogen) atoms. The molecule has 0 aromatic rings. The van der Waals surface area contributed by atoms with Gasteiger partial charge in [-0.25, -0.2) is 0 Å². The molecule has 0 spiro atoms. The lowest BCUT2D eigenvalue weighted by Crippen LogP contribution is -1.96. The Bertz CT molecular complexity index is 302. The molecule has 0 heterocycles. The standard InChI is InChI=1S/C24H51O2P/c1-3-5-7-9-11-13-15-17-19-21-23-27(25,26)24-22-20-18-16-14-12-10-8-6-4-2/h3-24H2,1-2H3,(H,25,26). The van der Waals surface area contributed by atoms with Crippen LogP contribution < -0.4 is 0 Å². The normalized spacial score (nSPS) is 12.0. The third-order valence-electron chi connectivity index (χ3n) is 5.72. The third kappa shape index (κ3) is 22.3. The fourth-order valence-electron chi connectivity index (χ4n) is 3.80. The molecule has 0 saturated heterocycles. The lowest BCUT2D eigenvalue weighted by molar-refractivity contribution is 0.469. The molecule has 0 aliphatic heterocycles. The first-order valence-electron chi connectivity index (χ1n) is 12.4. The van der Waals surface area contributed by atoms with Crippen molar-refractivity contribution in [3.8, 4) is 0 Å². The van der Waals surface area contributed by atoms with Gasteiger partial charge in [0.05, 0.1) is 0 Å². The Morgan fingerprint density at radius 1 is 0.444 bits per heavy atom. The van der Waals surface area contributed by atoms with Gasteiger partial charge in [-0.15, -0.1) is 0 Å². The molecule has 0 fully saturated rings. The van der Waals surface area contributed by atoms with Crippen molar-refractivity contribution >= 4 is 7.37 Å². The van der Waals surface area contributed by atoms with Crippen molar-refractivity contribution in [1.29, 1.82) is 0 Å². The molecule has 0 atom stereocenters. The molecular formula is C24H51O2P. The van der Waals surface area contributed by atoms with Gasteiger partial charge in [-0.05, 0) is 12.8 Å². The highest BCUT2D eigenvalue weighted by Gasteiger charge is 2.16. The van der Waals surface area contributed by atoms with E-state index in [2.05, 4.69) is 13.8 Å². The average molecular weight is 403 g/mol. The zero-order valence-corrected chi connectivity index (χ0v) is 19.8. The predicted octanol–water partition coefficient (Wildman–Crippen LogP) is 9.10. The molecule has 0 unspecified atom stereocenters. The topological polar surface area (TPSA) is 37.3 Å². The average Bonchev–Trinajstić information content (AvgIpc) is 2.64. The lowest BCUT2D eigenvalue weighted by atomic mass is 10.1. The van der Waals surface area contributed by atoms with Crippen molar-refractivity contribution in [2.24, 2.45) is 0 Å². The minimum atomic E-state index is -2.84. The minimum Gasteiger partial charge on any atom is -0.344 e. The van der Waals surface area contributed by atoms with Crippen LogP contribution in [0.1, 0.15) is 142 Å². The van der Waals surface area contributed by atoms with E-state index in [9.17, 15) is 9.46 Å². The number of hydrogen-bond donors (Lipinski definition) is 1. The largest absolute Gasteiger partial charge is 0.344 e. The summed E-state index contributed by atoms with van der Waals surface area (Å²) in [5.74, 6) is 0. The molecule has 0 aromatic carbocycles. The monoisotopic (exact) mass is 402 g/mol. The highest BCUT2D eigenvalue weighted by Crippen LogP contribution is 2.42. The van der Waals surface area contributed by atoms with E-state index in [0.29, 0.717) is 12.3 Å². The van der Waals surface area contributed by atoms with E-state index in [-0.39, 0.29) is 0 Å². The highest BCUT2D eigenvalue weighted by atomic mass is 31.2. The molecule has 0 saturated carbocycles. The van der Waals surface area contributed by atoms with Gasteiger partial charge >= 0.3 is 0 Å². The van der Waals surface area contributed by atoms with E-state index in [0.717, 1.165) is 25.7 Å². The molecule has 1 N–H and O–H groups in total. The third-order valence-corrected chi connectivity index (χ3v) is 7.75. The van der Waals surface area contributed by atoms with Crippen LogP contribution in [0.3, 0.4) is 0 Å². The second kappa shape index (κ2) is 20.9. The molecule has 0 aliphatic carbocycles. The van der Waals surface area contributed by atoms with Gasteiger partial charge in [-0.1, -0.05) is 129 Å². The smallest absolute Gasteiger partial charge is 0.200 e. The molecule has 164 valence electrons. The summed E-state index contributed by atoms with van der Waals surface area (Å²) < 4.78 is 12.2. The number of rotatable bonds is 22. The van der Waals surface area contributed by atoms with Crippen LogP contribution in [-0.2, 0) is 4.57 Å². The maximum atomic E-state index is 12.2. The lowest BCUT2D eigenvalue weighted by Gasteiger charge is -2.11. The van der Waals surface area contributed by atoms with E-state index < -0.39 is 7.37 Å². The van der Waals surface area contributed by atoms with Gasteiger partial charge in [0.2, 0.25) is 7.37 Å². The van der Waals surface area contributed by atoms with Gasteiger partial charge in [0.1, 0.15) is 0 Å². The van der Waals surface area contributed by atoms with Crippen LogP contribution in [0.25, 0.3) is 0 Å². The Morgan fingerprint density at radius 3 is 0.926 bits per heavy atom. The summed E-state index contributed by atoms with van der Waals surface area (Å²) in [4.78, 5) is 10.1. The maximum absolute atomic E-state index is 12.2. The van der Waals surface area contributed by atoms with Crippen LogP contribution in [0.2, 0.25) is 0 Å². The van der Waals surface area contributed by atoms with Crippen LogP contribution in [0.4, 0.5) is 0 Å². The van der Waals surface area contributed by atoms with E-state index >= 15 is 0 Å². The van der Waals surface area contributed by atoms with E-state index in [4.69, 9.17) is 0 Å². The summed E-state index contributed by atoms with van der Waals surface area (Å²) in [5, 5.41) is 0. The fraction of sp³-hybridized carbons (Fsp3) is 1.00. The van der Waals surface area contributed by atoms with Gasteiger partial charge in [0.25, 0.3) is 0 Å². The van der Waals surface area contributed by atoms with E-state index in [1.807, 2.05) is 0 Å². The molecule has 0 rings (SSSR count). The molecule has 0 bridgehead atoms. The maximum Gasteiger partial charge on any atom is 0.200 e. The quantitative estimate of drug-likeness (QED) is 0.145. The summed E-state index contributed by atoms with van der Waals surface area (Å²) in [6.45, 7) is 4.52. The van der Waals surface area contributed by atoms with Crippen molar-refractivity contribution in [1.82, 2.24) is 0 Å². The van der Waals surface area contributed by atoms with Crippen LogP contribution in [0.15, 0.2) is 0 Å². The summed E-state index contributed by atoms with van der Waals surface area (Å²) in [5.41, 5.74) is 0. The van der Waals surface area contributed by atoms with E-state index in [1.165, 1.54) is 103 Å². The molecular weight excluding hydrogens is 351 g/mol. The summed E-state index contributed by atoms with van der Waals surface area (Å²) >= 11 is 0. The number of hydrogen-bond acceptors (Lipinski definition) is 1. The van der Waals surface area contributed by atoms with Crippen LogP contribution >= 0.6 is 7.37 Å². The van der Waals surface area contributed by atoms with Crippen molar-refractivity contribution < 1.29 is 9.46 Å². The van der Waals surface area contributed by atoms with Gasteiger partial charge in [0.15, 0.2) is 0 Å². The van der Waals surface area contributed by atoms with Crippen LogP contribution in [-0.4, -0.2) is 17.2 Å². The van der Waals surface area contributed by atoms with Gasteiger partial charge < -0.3 is 4.89 Å². The van der Waals surface area contributed by atoms with Crippen molar-refractivity contribution in [2.75, 3.05) is 12.3 Å². The van der Waals surface area contributed by atoms with Gasteiger partial charge in [-0.2, -0.15) is 0 Å². The van der Waals surface area contributed by atoms with Gasteiger partial charge in [0, 0.05) is 12.3 Å². The zero-order valence-electron chi connectivity index (χ0n) is 18.9. The first-order chi connectivity index (χ1) is 13.1. The summed E-state index contributed by atoms with van der Waals surface area (Å²) in [7, 11) is -2.84. The Kier molecular flexibility index (Phi) is 21.1. The Labute approximate surface area is 171 Å². The van der Waals surface area contributed by atoms with Crippen molar-refractivity contribution in [2.45, 2.75) is 142 Å². The van der Waals surface area contributed by atoms with Gasteiger partial charge in [-0.3, -0.25) is 4.57 Å². The Hall–Kier alpha value is 0.190. The molecule has 0 aliphatic rings.